The lowest BCUT2D eigenvalue weighted by molar-refractivity contribution is 0.155. The van der Waals surface area contributed by atoms with Crippen LogP contribution in [0.5, 0.6) is 0 Å². The number of hydrogen-bond donors (Lipinski definition) is 0. The summed E-state index contributed by atoms with van der Waals surface area (Å²) in [6, 6.07) is 0. The predicted molar refractivity (Wildman–Crippen MR) is 49.5 cm³/mol. The van der Waals surface area contributed by atoms with Gasteiger partial charge in [-0.15, -0.1) is 0 Å². The third-order valence-electron chi connectivity index (χ3n) is 1.18. The van der Waals surface area contributed by atoms with Gasteiger partial charge in [0.2, 0.25) is 0 Å². The SMILES string of the molecule is CCO/N=C(C)/C(C)=N/OCC. The summed E-state index contributed by atoms with van der Waals surface area (Å²) in [7, 11) is 0. The van der Waals surface area contributed by atoms with Crippen molar-refractivity contribution < 1.29 is 9.68 Å². The molecule has 4 heteroatoms. The van der Waals surface area contributed by atoms with Gasteiger partial charge in [-0.2, -0.15) is 0 Å². The Kier molecular flexibility index (Phi) is 6.05. The lowest BCUT2D eigenvalue weighted by atomic mass is 10.3. The monoisotopic (exact) mass is 172 g/mol. The minimum Gasteiger partial charge on any atom is -0.396 e. The summed E-state index contributed by atoms with van der Waals surface area (Å²) in [6.07, 6.45) is 0. The second kappa shape index (κ2) is 6.64. The van der Waals surface area contributed by atoms with Crippen LogP contribution in [-0.4, -0.2) is 24.6 Å². The molecule has 0 saturated carbocycles. The average molecular weight is 172 g/mol. The highest BCUT2D eigenvalue weighted by atomic mass is 16.6. The highest BCUT2D eigenvalue weighted by molar-refractivity contribution is 6.40. The third-order valence-corrected chi connectivity index (χ3v) is 1.18. The summed E-state index contributed by atoms with van der Waals surface area (Å²) in [5, 5.41) is 7.60. The van der Waals surface area contributed by atoms with E-state index in [0.717, 1.165) is 11.4 Å². The van der Waals surface area contributed by atoms with Crippen LogP contribution in [0.15, 0.2) is 10.3 Å². The number of oxime groups is 2. The molecule has 0 atom stereocenters. The van der Waals surface area contributed by atoms with Crippen molar-refractivity contribution in [3.8, 4) is 0 Å². The van der Waals surface area contributed by atoms with E-state index in [9.17, 15) is 0 Å². The van der Waals surface area contributed by atoms with E-state index < -0.39 is 0 Å². The van der Waals surface area contributed by atoms with Crippen LogP contribution in [0.1, 0.15) is 27.7 Å². The van der Waals surface area contributed by atoms with E-state index in [-0.39, 0.29) is 0 Å². The zero-order valence-corrected chi connectivity index (χ0v) is 8.13. The first-order chi connectivity index (χ1) is 5.72. The quantitative estimate of drug-likeness (QED) is 0.469. The second-order valence-electron chi connectivity index (χ2n) is 2.19. The maximum atomic E-state index is 4.85. The van der Waals surface area contributed by atoms with E-state index in [1.54, 1.807) is 0 Å². The topological polar surface area (TPSA) is 43.2 Å². The summed E-state index contributed by atoms with van der Waals surface area (Å²) >= 11 is 0. The zero-order valence-electron chi connectivity index (χ0n) is 8.13. The van der Waals surface area contributed by atoms with Crippen molar-refractivity contribution in [1.82, 2.24) is 0 Å². The normalized spacial score (nSPS) is 13.0. The Hall–Kier alpha value is -1.06. The highest BCUT2D eigenvalue weighted by Crippen LogP contribution is 1.87. The molecule has 0 spiro atoms. The largest absolute Gasteiger partial charge is 0.396 e. The fourth-order valence-electron chi connectivity index (χ4n) is 0.455. The van der Waals surface area contributed by atoms with Gasteiger partial charge in [-0.1, -0.05) is 10.3 Å². The Morgan fingerprint density at radius 2 is 1.25 bits per heavy atom. The van der Waals surface area contributed by atoms with Crippen LogP contribution in [0.25, 0.3) is 0 Å². The number of nitrogens with zero attached hydrogens (tertiary/aromatic N) is 2. The Balaban J connectivity index is 3.98. The van der Waals surface area contributed by atoms with Crippen LogP contribution in [0.4, 0.5) is 0 Å². The van der Waals surface area contributed by atoms with Crippen molar-refractivity contribution in [2.45, 2.75) is 27.7 Å². The summed E-state index contributed by atoms with van der Waals surface area (Å²) < 4.78 is 0. The molecule has 0 aromatic heterocycles. The van der Waals surface area contributed by atoms with Crippen LogP contribution in [0.2, 0.25) is 0 Å². The first kappa shape index (κ1) is 10.9. The van der Waals surface area contributed by atoms with Gasteiger partial charge < -0.3 is 9.68 Å². The van der Waals surface area contributed by atoms with E-state index >= 15 is 0 Å². The Labute approximate surface area is 73.2 Å². The molecular weight excluding hydrogens is 156 g/mol. The number of hydrogen-bond acceptors (Lipinski definition) is 4. The van der Waals surface area contributed by atoms with Gasteiger partial charge in [0.15, 0.2) is 0 Å². The van der Waals surface area contributed by atoms with Gasteiger partial charge in [0, 0.05) is 0 Å². The van der Waals surface area contributed by atoms with Crippen LogP contribution in [0, 0.1) is 0 Å². The van der Waals surface area contributed by atoms with E-state index in [0.29, 0.717) is 13.2 Å². The molecule has 0 N–H and O–H groups in total. The van der Waals surface area contributed by atoms with Gasteiger partial charge in [-0.3, -0.25) is 0 Å². The Morgan fingerprint density at radius 3 is 1.50 bits per heavy atom. The second-order valence-corrected chi connectivity index (χ2v) is 2.19. The van der Waals surface area contributed by atoms with Crippen molar-refractivity contribution in [2.75, 3.05) is 13.2 Å². The summed E-state index contributed by atoms with van der Waals surface area (Å²) in [4.78, 5) is 9.70. The minimum absolute atomic E-state index is 0.569. The smallest absolute Gasteiger partial charge is 0.114 e. The van der Waals surface area contributed by atoms with E-state index in [4.69, 9.17) is 9.68 Å². The molecule has 0 fully saturated rings. The first-order valence-electron chi connectivity index (χ1n) is 4.05. The number of rotatable bonds is 5. The van der Waals surface area contributed by atoms with Crippen molar-refractivity contribution in [3.63, 3.8) is 0 Å². The van der Waals surface area contributed by atoms with Crippen LogP contribution in [0.3, 0.4) is 0 Å². The molecule has 0 saturated heterocycles. The Bertz CT molecular complexity index is 156. The molecule has 0 aromatic rings. The molecule has 0 unspecified atom stereocenters. The minimum atomic E-state index is 0.569. The molecule has 0 bridgehead atoms. The molecule has 0 aliphatic heterocycles. The molecule has 0 amide bonds. The molecule has 0 aromatic carbocycles. The standard InChI is InChI=1S/C8H16N2O2/c1-5-11-9-7(3)8(4)10-12-6-2/h5-6H2,1-4H3/b9-7+,10-8+. The molecule has 70 valence electrons. The highest BCUT2D eigenvalue weighted by Gasteiger charge is 1.96. The van der Waals surface area contributed by atoms with Crippen LogP contribution in [-0.2, 0) is 9.68 Å². The fourth-order valence-corrected chi connectivity index (χ4v) is 0.455. The van der Waals surface area contributed by atoms with E-state index in [1.807, 2.05) is 27.7 Å². The van der Waals surface area contributed by atoms with Crippen LogP contribution >= 0.6 is 0 Å². The molecule has 0 rings (SSSR count). The lowest BCUT2D eigenvalue weighted by Gasteiger charge is -1.99. The average Bonchev–Trinajstić information content (AvgIpc) is 2.10. The van der Waals surface area contributed by atoms with Crippen LogP contribution < -0.4 is 0 Å². The maximum absolute atomic E-state index is 4.85. The zero-order chi connectivity index (χ0) is 9.40. The van der Waals surface area contributed by atoms with Gasteiger partial charge in [-0.05, 0) is 27.7 Å². The van der Waals surface area contributed by atoms with Gasteiger partial charge in [0.25, 0.3) is 0 Å². The fraction of sp³-hybridized carbons (Fsp3) is 0.750. The van der Waals surface area contributed by atoms with Gasteiger partial charge in [0.1, 0.15) is 24.6 Å². The Morgan fingerprint density at radius 1 is 0.917 bits per heavy atom. The van der Waals surface area contributed by atoms with E-state index in [2.05, 4.69) is 10.3 Å². The first-order valence-corrected chi connectivity index (χ1v) is 4.05. The van der Waals surface area contributed by atoms with Crippen molar-refractivity contribution >= 4 is 11.4 Å². The lowest BCUT2D eigenvalue weighted by Crippen LogP contribution is -2.07. The van der Waals surface area contributed by atoms with Gasteiger partial charge in [-0.25, -0.2) is 0 Å². The van der Waals surface area contributed by atoms with Crippen molar-refractivity contribution in [3.05, 3.63) is 0 Å². The summed E-state index contributed by atoms with van der Waals surface area (Å²) in [5.74, 6) is 0. The molecular formula is C8H16N2O2. The molecule has 4 nitrogen and oxygen atoms in total. The van der Waals surface area contributed by atoms with Crippen molar-refractivity contribution in [2.24, 2.45) is 10.3 Å². The molecule has 0 heterocycles. The molecule has 12 heavy (non-hydrogen) atoms. The van der Waals surface area contributed by atoms with Gasteiger partial charge >= 0.3 is 0 Å². The third kappa shape index (κ3) is 4.71. The molecule has 0 aliphatic rings. The molecule has 0 radical (unpaired) electrons. The predicted octanol–water partition coefficient (Wildman–Crippen LogP) is 1.81. The van der Waals surface area contributed by atoms with Gasteiger partial charge in [0.05, 0.1) is 0 Å². The van der Waals surface area contributed by atoms with E-state index in [1.165, 1.54) is 0 Å². The molecule has 0 aliphatic carbocycles. The summed E-state index contributed by atoms with van der Waals surface area (Å²) in [6.45, 7) is 8.55. The van der Waals surface area contributed by atoms with Crippen molar-refractivity contribution in [1.29, 1.82) is 0 Å². The maximum Gasteiger partial charge on any atom is 0.114 e. The summed E-state index contributed by atoms with van der Waals surface area (Å²) in [5.41, 5.74) is 1.48.